The highest BCUT2D eigenvalue weighted by Crippen LogP contribution is 2.25. The maximum absolute atomic E-state index is 12.3. The average molecular weight is 449 g/mol. The van der Waals surface area contributed by atoms with Crippen LogP contribution in [0.25, 0.3) is 0 Å². The number of carbonyl (C=O) groups is 1. The normalized spacial score (nSPS) is 19.0. The van der Waals surface area contributed by atoms with Crippen molar-refractivity contribution in [3.8, 4) is 0 Å². The number of hydrogen-bond acceptors (Lipinski definition) is 9. The number of morpholine rings is 1. The van der Waals surface area contributed by atoms with Crippen molar-refractivity contribution in [2.45, 2.75) is 36.5 Å². The van der Waals surface area contributed by atoms with Crippen LogP contribution in [-0.2, 0) is 26.6 Å². The van der Waals surface area contributed by atoms with Crippen LogP contribution < -0.4 is 10.2 Å². The van der Waals surface area contributed by atoms with E-state index in [1.807, 2.05) is 12.1 Å². The molecular weight excluding hydrogens is 420 g/mol. The van der Waals surface area contributed by atoms with E-state index in [0.717, 1.165) is 44.0 Å². The molecule has 2 aromatic rings. The highest BCUT2D eigenvalue weighted by atomic mass is 32.2. The van der Waals surface area contributed by atoms with Crippen LogP contribution in [0.4, 0.5) is 5.82 Å². The topological polar surface area (TPSA) is 99.0 Å². The van der Waals surface area contributed by atoms with Crippen LogP contribution in [-0.4, -0.2) is 68.5 Å². The number of aromatic nitrogens is 2. The number of hydrogen-bond donors (Lipinski definition) is 1. The van der Waals surface area contributed by atoms with Crippen molar-refractivity contribution in [1.82, 2.24) is 15.3 Å². The number of thioether (sulfide) groups is 1. The third kappa shape index (κ3) is 6.19. The Labute approximate surface area is 185 Å². The van der Waals surface area contributed by atoms with Crippen LogP contribution in [0, 0.1) is 0 Å². The largest absolute Gasteiger partial charge is 0.455 e. The predicted octanol–water partition coefficient (Wildman–Crippen LogP) is 2.25. The maximum Gasteiger partial charge on any atom is 0.287 e. The first kappa shape index (κ1) is 22.1. The van der Waals surface area contributed by atoms with Gasteiger partial charge in [0.1, 0.15) is 11.6 Å². The zero-order valence-electron chi connectivity index (χ0n) is 17.7. The fourth-order valence-corrected chi connectivity index (χ4v) is 4.28. The number of anilines is 1. The van der Waals surface area contributed by atoms with E-state index in [9.17, 15) is 4.79 Å². The molecule has 9 nitrogen and oxygen atoms in total. The molecule has 1 N–H and O–H groups in total. The summed E-state index contributed by atoms with van der Waals surface area (Å²) in [5.74, 6) is 2.18. The number of furan rings is 1. The zero-order chi connectivity index (χ0) is 21.5. The Morgan fingerprint density at radius 3 is 2.94 bits per heavy atom. The number of rotatable bonds is 9. The summed E-state index contributed by atoms with van der Waals surface area (Å²) in [5.41, 5.74) is 0.829. The van der Waals surface area contributed by atoms with Crippen molar-refractivity contribution in [3.05, 3.63) is 35.4 Å². The first-order valence-corrected chi connectivity index (χ1v) is 11.5. The Morgan fingerprint density at radius 1 is 1.29 bits per heavy atom. The van der Waals surface area contributed by atoms with Gasteiger partial charge in [-0.3, -0.25) is 4.79 Å². The summed E-state index contributed by atoms with van der Waals surface area (Å²) in [5, 5.41) is 3.52. The molecule has 31 heavy (non-hydrogen) atoms. The SMILES string of the molecule is COCc1cc(N2CCOCC2)nc(SCc2ccc(C(=O)NCC3CCCO3)o2)n1. The predicted molar refractivity (Wildman–Crippen MR) is 115 cm³/mol. The lowest BCUT2D eigenvalue weighted by Gasteiger charge is -2.28. The molecule has 0 spiro atoms. The fraction of sp³-hybridized carbons (Fsp3) is 0.571. The van der Waals surface area contributed by atoms with Gasteiger partial charge in [-0.25, -0.2) is 9.97 Å². The van der Waals surface area contributed by atoms with Gasteiger partial charge in [0, 0.05) is 39.4 Å². The van der Waals surface area contributed by atoms with Gasteiger partial charge in [0.2, 0.25) is 0 Å². The molecule has 0 saturated carbocycles. The van der Waals surface area contributed by atoms with Crippen molar-refractivity contribution >= 4 is 23.5 Å². The van der Waals surface area contributed by atoms with Gasteiger partial charge >= 0.3 is 0 Å². The van der Waals surface area contributed by atoms with Gasteiger partial charge in [0.15, 0.2) is 10.9 Å². The monoisotopic (exact) mass is 448 g/mol. The van der Waals surface area contributed by atoms with E-state index >= 15 is 0 Å². The van der Waals surface area contributed by atoms with Crippen molar-refractivity contribution in [2.24, 2.45) is 0 Å². The van der Waals surface area contributed by atoms with Crippen molar-refractivity contribution in [1.29, 1.82) is 0 Å². The summed E-state index contributed by atoms with van der Waals surface area (Å²) >= 11 is 1.47. The lowest BCUT2D eigenvalue weighted by Crippen LogP contribution is -2.37. The second kappa shape index (κ2) is 10.9. The van der Waals surface area contributed by atoms with E-state index in [-0.39, 0.29) is 12.0 Å². The van der Waals surface area contributed by atoms with Crippen molar-refractivity contribution in [3.63, 3.8) is 0 Å². The number of nitrogens with one attached hydrogen (secondary N) is 1. The smallest absolute Gasteiger partial charge is 0.287 e. The van der Waals surface area contributed by atoms with E-state index in [1.54, 1.807) is 13.2 Å². The van der Waals surface area contributed by atoms with Crippen molar-refractivity contribution in [2.75, 3.05) is 51.5 Å². The minimum atomic E-state index is -0.223. The molecule has 0 radical (unpaired) electrons. The van der Waals surface area contributed by atoms with Crippen LogP contribution in [0.3, 0.4) is 0 Å². The molecular formula is C21H28N4O5S. The van der Waals surface area contributed by atoms with E-state index in [2.05, 4.69) is 15.2 Å². The second-order valence-electron chi connectivity index (χ2n) is 7.43. The third-order valence-electron chi connectivity index (χ3n) is 5.12. The number of amides is 1. The first-order valence-electron chi connectivity index (χ1n) is 10.5. The van der Waals surface area contributed by atoms with Gasteiger partial charge in [-0.1, -0.05) is 11.8 Å². The van der Waals surface area contributed by atoms with Gasteiger partial charge in [-0.2, -0.15) is 0 Å². The minimum absolute atomic E-state index is 0.103. The van der Waals surface area contributed by atoms with Crippen LogP contribution in [0.15, 0.2) is 27.8 Å². The van der Waals surface area contributed by atoms with E-state index < -0.39 is 0 Å². The quantitative estimate of drug-likeness (QED) is 0.457. The molecule has 1 unspecified atom stereocenters. The molecule has 2 aliphatic rings. The van der Waals surface area contributed by atoms with E-state index in [0.29, 0.717) is 48.8 Å². The molecule has 168 valence electrons. The standard InChI is InChI=1S/C21H28N4O5S/c1-27-13-15-11-19(25-6-9-28-10-7-25)24-21(23-15)31-14-17-4-5-18(30-17)20(26)22-12-16-3-2-8-29-16/h4-5,11,16H,2-3,6-10,12-14H2,1H3,(H,22,26). The lowest BCUT2D eigenvalue weighted by molar-refractivity contribution is 0.0834. The van der Waals surface area contributed by atoms with Gasteiger partial charge in [0.25, 0.3) is 5.91 Å². The van der Waals surface area contributed by atoms with Crippen LogP contribution in [0.2, 0.25) is 0 Å². The van der Waals surface area contributed by atoms with E-state index in [4.69, 9.17) is 23.6 Å². The Kier molecular flexibility index (Phi) is 7.79. The summed E-state index contributed by atoms with van der Waals surface area (Å²) in [6.07, 6.45) is 2.13. The Hall–Kier alpha value is -2.14. The molecule has 2 fully saturated rings. The Morgan fingerprint density at radius 2 is 2.16 bits per heavy atom. The second-order valence-corrected chi connectivity index (χ2v) is 8.37. The average Bonchev–Trinajstić information content (AvgIpc) is 3.49. The number of ether oxygens (including phenoxy) is 3. The summed E-state index contributed by atoms with van der Waals surface area (Å²) < 4.78 is 22.0. The minimum Gasteiger partial charge on any atom is -0.455 e. The Bertz CT molecular complexity index is 865. The molecule has 0 bridgehead atoms. The lowest BCUT2D eigenvalue weighted by atomic mass is 10.2. The van der Waals surface area contributed by atoms with Gasteiger partial charge in [0.05, 0.1) is 37.4 Å². The number of methoxy groups -OCH3 is 1. The maximum atomic E-state index is 12.3. The fourth-order valence-electron chi connectivity index (χ4n) is 3.51. The molecule has 1 atom stereocenters. The van der Waals surface area contributed by atoms with Crippen LogP contribution in [0.1, 0.15) is 34.9 Å². The first-order chi connectivity index (χ1) is 15.2. The molecule has 4 rings (SSSR count). The van der Waals surface area contributed by atoms with E-state index in [1.165, 1.54) is 11.8 Å². The highest BCUT2D eigenvalue weighted by Gasteiger charge is 2.19. The van der Waals surface area contributed by atoms with Gasteiger partial charge in [-0.15, -0.1) is 0 Å². The number of nitrogens with zero attached hydrogens (tertiary/aromatic N) is 3. The molecule has 4 heterocycles. The zero-order valence-corrected chi connectivity index (χ0v) is 18.5. The molecule has 1 amide bonds. The molecule has 0 aliphatic carbocycles. The highest BCUT2D eigenvalue weighted by molar-refractivity contribution is 7.98. The summed E-state index contributed by atoms with van der Waals surface area (Å²) in [7, 11) is 1.65. The number of carbonyl (C=O) groups excluding carboxylic acids is 1. The summed E-state index contributed by atoms with van der Waals surface area (Å²) in [6, 6.07) is 5.47. The molecule has 2 aliphatic heterocycles. The molecule has 2 aromatic heterocycles. The molecule has 2 saturated heterocycles. The summed E-state index contributed by atoms with van der Waals surface area (Å²) in [4.78, 5) is 23.8. The van der Waals surface area contributed by atoms with Gasteiger partial charge in [-0.05, 0) is 25.0 Å². The Balaban J connectivity index is 1.35. The van der Waals surface area contributed by atoms with Gasteiger partial charge < -0.3 is 28.8 Å². The molecule has 0 aromatic carbocycles. The third-order valence-corrected chi connectivity index (χ3v) is 5.99. The molecule has 10 heteroatoms. The van der Waals surface area contributed by atoms with Crippen LogP contribution >= 0.6 is 11.8 Å². The van der Waals surface area contributed by atoms with Crippen LogP contribution in [0.5, 0.6) is 0 Å². The van der Waals surface area contributed by atoms with Crippen molar-refractivity contribution < 1.29 is 23.4 Å². The summed E-state index contributed by atoms with van der Waals surface area (Å²) in [6.45, 7) is 4.68.